The maximum atomic E-state index is 12.2. The van der Waals surface area contributed by atoms with Crippen LogP contribution in [0.15, 0.2) is 42.5 Å². The average Bonchev–Trinajstić information content (AvgIpc) is 3.40. The Morgan fingerprint density at radius 3 is 2.28 bits per heavy atom. The van der Waals surface area contributed by atoms with Gasteiger partial charge in [0.2, 0.25) is 0 Å². The van der Waals surface area contributed by atoms with Crippen LogP contribution < -0.4 is 0 Å². The van der Waals surface area contributed by atoms with Crippen LogP contribution in [0.4, 0.5) is 0 Å². The van der Waals surface area contributed by atoms with E-state index in [2.05, 4.69) is 60.2 Å². The molecule has 1 atom stereocenters. The molecule has 0 aliphatic heterocycles. The molecule has 5 heteroatoms. The zero-order chi connectivity index (χ0) is 22.9. The third-order valence-corrected chi connectivity index (χ3v) is 6.94. The van der Waals surface area contributed by atoms with Gasteiger partial charge in [0.25, 0.3) is 0 Å². The lowest BCUT2D eigenvalue weighted by Gasteiger charge is -2.31. The molecular weight excluding hydrogens is 400 g/mol. The van der Waals surface area contributed by atoms with Crippen molar-refractivity contribution in [3.05, 3.63) is 70.5 Å². The van der Waals surface area contributed by atoms with Crippen molar-refractivity contribution in [3.63, 3.8) is 0 Å². The summed E-state index contributed by atoms with van der Waals surface area (Å²) in [7, 11) is 0. The Balaban J connectivity index is 2.06. The van der Waals surface area contributed by atoms with Gasteiger partial charge >= 0.3 is 5.97 Å². The van der Waals surface area contributed by atoms with Crippen molar-refractivity contribution in [1.82, 2.24) is 9.97 Å². The third-order valence-electron chi connectivity index (χ3n) is 6.94. The third kappa shape index (κ3) is 3.51. The summed E-state index contributed by atoms with van der Waals surface area (Å²) in [6.07, 6.45) is 2.83. The summed E-state index contributed by atoms with van der Waals surface area (Å²) in [5.41, 5.74) is 6.58. The number of aliphatic hydroxyl groups is 1. The molecular formula is C27H32N2O3. The van der Waals surface area contributed by atoms with E-state index in [0.717, 1.165) is 51.6 Å². The first kappa shape index (κ1) is 22.2. The van der Waals surface area contributed by atoms with Gasteiger partial charge in [-0.2, -0.15) is 0 Å². The number of nitrogens with one attached hydrogen (secondary N) is 2. The molecule has 4 rings (SSSR count). The molecule has 0 fully saturated rings. The van der Waals surface area contributed by atoms with Gasteiger partial charge in [-0.25, -0.2) is 0 Å². The highest BCUT2D eigenvalue weighted by atomic mass is 16.4. The Kier molecular flexibility index (Phi) is 6.11. The normalized spacial score (nSPS) is 13.6. The predicted octanol–water partition coefficient (Wildman–Crippen LogP) is 5.48. The van der Waals surface area contributed by atoms with Crippen LogP contribution in [0.3, 0.4) is 0 Å². The predicted molar refractivity (Wildman–Crippen MR) is 129 cm³/mol. The topological polar surface area (TPSA) is 89.1 Å². The summed E-state index contributed by atoms with van der Waals surface area (Å²) in [4.78, 5) is 19.4. The molecule has 2 heterocycles. The van der Waals surface area contributed by atoms with Crippen LogP contribution in [0.5, 0.6) is 0 Å². The molecule has 0 bridgehead atoms. The lowest BCUT2D eigenvalue weighted by molar-refractivity contribution is -0.138. The number of carboxylic acids is 1. The SMILES string of the molecule is CCc1cccc2cc(C(CC)(CC(=O)O)c3[nH]c4c(CC)cccc4c3CCO)[nH]c12. The molecule has 0 radical (unpaired) electrons. The Morgan fingerprint density at radius 2 is 1.66 bits per heavy atom. The molecule has 4 aromatic rings. The Labute approximate surface area is 188 Å². The number of carboxylic acid groups (broad SMARTS) is 1. The van der Waals surface area contributed by atoms with Gasteiger partial charge in [0.15, 0.2) is 0 Å². The number of H-pyrrole nitrogens is 2. The summed E-state index contributed by atoms with van der Waals surface area (Å²) in [5, 5.41) is 22.0. The van der Waals surface area contributed by atoms with Gasteiger partial charge < -0.3 is 20.2 Å². The number of para-hydroxylation sites is 2. The molecule has 0 spiro atoms. The fourth-order valence-corrected chi connectivity index (χ4v) is 5.25. The summed E-state index contributed by atoms with van der Waals surface area (Å²) in [5.74, 6) is -0.842. The van der Waals surface area contributed by atoms with Gasteiger partial charge in [-0.1, -0.05) is 57.2 Å². The monoisotopic (exact) mass is 432 g/mol. The fourth-order valence-electron chi connectivity index (χ4n) is 5.25. The fraction of sp³-hybridized carbons (Fsp3) is 0.370. The number of hydrogen-bond donors (Lipinski definition) is 4. The number of aliphatic hydroxyl groups excluding tert-OH is 1. The van der Waals surface area contributed by atoms with Crippen molar-refractivity contribution >= 4 is 27.8 Å². The van der Waals surface area contributed by atoms with E-state index in [4.69, 9.17) is 0 Å². The van der Waals surface area contributed by atoms with E-state index in [-0.39, 0.29) is 13.0 Å². The first-order chi connectivity index (χ1) is 15.5. The van der Waals surface area contributed by atoms with Gasteiger partial charge in [0, 0.05) is 34.4 Å². The zero-order valence-electron chi connectivity index (χ0n) is 19.1. The van der Waals surface area contributed by atoms with Gasteiger partial charge in [0.05, 0.1) is 11.8 Å². The van der Waals surface area contributed by atoms with E-state index in [9.17, 15) is 15.0 Å². The van der Waals surface area contributed by atoms with Crippen molar-refractivity contribution in [2.45, 2.75) is 58.3 Å². The smallest absolute Gasteiger partial charge is 0.304 e. The van der Waals surface area contributed by atoms with Crippen molar-refractivity contribution < 1.29 is 15.0 Å². The van der Waals surface area contributed by atoms with E-state index in [1.807, 2.05) is 13.0 Å². The number of rotatable bonds is 9. The molecule has 32 heavy (non-hydrogen) atoms. The van der Waals surface area contributed by atoms with Crippen molar-refractivity contribution in [3.8, 4) is 0 Å². The van der Waals surface area contributed by atoms with E-state index < -0.39 is 11.4 Å². The van der Waals surface area contributed by atoms with Crippen LogP contribution in [0.25, 0.3) is 21.8 Å². The van der Waals surface area contributed by atoms with Gasteiger partial charge in [-0.3, -0.25) is 4.79 Å². The van der Waals surface area contributed by atoms with Crippen LogP contribution in [-0.2, 0) is 29.5 Å². The van der Waals surface area contributed by atoms with Crippen molar-refractivity contribution in [2.75, 3.05) is 6.61 Å². The van der Waals surface area contributed by atoms with Crippen LogP contribution in [0, 0.1) is 0 Å². The van der Waals surface area contributed by atoms with Crippen LogP contribution >= 0.6 is 0 Å². The highest BCUT2D eigenvalue weighted by Gasteiger charge is 2.40. The summed E-state index contributed by atoms with van der Waals surface area (Å²) in [6.45, 7) is 6.30. The summed E-state index contributed by atoms with van der Waals surface area (Å²) >= 11 is 0. The molecule has 5 nitrogen and oxygen atoms in total. The minimum atomic E-state index is -0.842. The first-order valence-corrected chi connectivity index (χ1v) is 11.6. The molecule has 2 aromatic carbocycles. The number of aromatic nitrogens is 2. The number of hydrogen-bond acceptors (Lipinski definition) is 2. The molecule has 0 aliphatic carbocycles. The molecule has 168 valence electrons. The first-order valence-electron chi connectivity index (χ1n) is 11.6. The standard InChI is InChI=1S/C27H32N2O3/c1-4-17-9-7-11-19-15-22(28-24(17)19)27(6-3,16-23(31)32)26-21(13-14-30)20-12-8-10-18(5-2)25(20)29-26/h7-12,15,28-30H,4-6,13-14,16H2,1-3H3,(H,31,32). The Morgan fingerprint density at radius 1 is 0.969 bits per heavy atom. The summed E-state index contributed by atoms with van der Waals surface area (Å²) < 4.78 is 0. The van der Waals surface area contributed by atoms with Gasteiger partial charge in [-0.05, 0) is 53.8 Å². The second-order valence-electron chi connectivity index (χ2n) is 8.57. The maximum absolute atomic E-state index is 12.2. The lowest BCUT2D eigenvalue weighted by atomic mass is 9.73. The van der Waals surface area contributed by atoms with Gasteiger partial charge in [-0.15, -0.1) is 0 Å². The second-order valence-corrected chi connectivity index (χ2v) is 8.57. The van der Waals surface area contributed by atoms with Crippen molar-refractivity contribution in [2.24, 2.45) is 0 Å². The second kappa shape index (κ2) is 8.83. The molecule has 0 aliphatic rings. The highest BCUT2D eigenvalue weighted by molar-refractivity contribution is 5.89. The van der Waals surface area contributed by atoms with Crippen LogP contribution in [0.2, 0.25) is 0 Å². The zero-order valence-corrected chi connectivity index (χ0v) is 19.1. The molecule has 4 N–H and O–H groups in total. The average molecular weight is 433 g/mol. The number of benzene rings is 2. The quantitative estimate of drug-likeness (QED) is 0.282. The molecule has 0 saturated heterocycles. The number of aromatic amines is 2. The molecule has 0 amide bonds. The number of aliphatic carboxylic acids is 1. The van der Waals surface area contributed by atoms with E-state index in [1.165, 1.54) is 11.1 Å². The Hall–Kier alpha value is -3.05. The minimum absolute atomic E-state index is 0.00978. The van der Waals surface area contributed by atoms with Gasteiger partial charge in [0.1, 0.15) is 0 Å². The number of carbonyl (C=O) groups is 1. The maximum Gasteiger partial charge on any atom is 0.304 e. The largest absolute Gasteiger partial charge is 0.481 e. The van der Waals surface area contributed by atoms with Crippen LogP contribution in [0.1, 0.15) is 61.7 Å². The van der Waals surface area contributed by atoms with E-state index in [1.54, 1.807) is 0 Å². The highest BCUT2D eigenvalue weighted by Crippen LogP contribution is 2.44. The van der Waals surface area contributed by atoms with E-state index in [0.29, 0.717) is 12.8 Å². The van der Waals surface area contributed by atoms with Crippen LogP contribution in [-0.4, -0.2) is 32.8 Å². The molecule has 1 unspecified atom stereocenters. The molecule has 0 saturated carbocycles. The lowest BCUT2D eigenvalue weighted by Crippen LogP contribution is -2.32. The number of fused-ring (bicyclic) bond motifs is 2. The van der Waals surface area contributed by atoms with Crippen molar-refractivity contribution in [1.29, 1.82) is 0 Å². The molecule has 2 aromatic heterocycles. The minimum Gasteiger partial charge on any atom is -0.481 e. The number of aryl methyl sites for hydroxylation is 2. The van der Waals surface area contributed by atoms with E-state index >= 15 is 0 Å². The summed E-state index contributed by atoms with van der Waals surface area (Å²) in [6, 6.07) is 14.6. The Bertz CT molecular complexity index is 1270.